The molecule has 0 amide bonds. The summed E-state index contributed by atoms with van der Waals surface area (Å²) < 4.78 is 5.34. The van der Waals surface area contributed by atoms with Gasteiger partial charge in [-0.25, -0.2) is 0 Å². The molecule has 0 aliphatic heterocycles. The van der Waals surface area contributed by atoms with Gasteiger partial charge in [0.2, 0.25) is 5.89 Å². The highest BCUT2D eigenvalue weighted by atomic mass is 16.5. The summed E-state index contributed by atoms with van der Waals surface area (Å²) in [5.41, 5.74) is 8.81. The lowest BCUT2D eigenvalue weighted by atomic mass is 9.77. The van der Waals surface area contributed by atoms with Gasteiger partial charge in [-0.1, -0.05) is 49.7 Å². The topological polar surface area (TPSA) is 64.9 Å². The molecule has 4 nitrogen and oxygen atoms in total. The smallest absolute Gasteiger partial charge is 0.243 e. The summed E-state index contributed by atoms with van der Waals surface area (Å²) in [6, 6.07) is 8.24. The van der Waals surface area contributed by atoms with Crippen molar-refractivity contribution in [3.63, 3.8) is 0 Å². The minimum atomic E-state index is -0.165. The standard InChI is InChI=1S/C15H19N3O/c1-3-9(2)13(16)15-17-14(18-19-15)12-8-10-6-4-5-7-11(10)12/h4-7,9,12-13H,3,8,16H2,1-2H3. The van der Waals surface area contributed by atoms with Crippen molar-refractivity contribution in [3.8, 4) is 0 Å². The molecule has 3 unspecified atom stereocenters. The molecule has 0 fully saturated rings. The van der Waals surface area contributed by atoms with E-state index in [0.29, 0.717) is 11.8 Å². The third kappa shape index (κ3) is 2.06. The number of rotatable bonds is 4. The molecule has 3 rings (SSSR count). The monoisotopic (exact) mass is 257 g/mol. The maximum Gasteiger partial charge on any atom is 0.243 e. The molecule has 3 atom stereocenters. The summed E-state index contributed by atoms with van der Waals surface area (Å²) in [7, 11) is 0. The first-order chi connectivity index (χ1) is 9.20. The van der Waals surface area contributed by atoms with Crippen LogP contribution in [0.1, 0.15) is 55.1 Å². The molecule has 4 heteroatoms. The summed E-state index contributed by atoms with van der Waals surface area (Å²) in [6.07, 6.45) is 2.00. The van der Waals surface area contributed by atoms with Crippen molar-refractivity contribution in [2.45, 2.75) is 38.6 Å². The summed E-state index contributed by atoms with van der Waals surface area (Å²) in [6.45, 7) is 4.22. The molecule has 0 spiro atoms. The summed E-state index contributed by atoms with van der Waals surface area (Å²) in [4.78, 5) is 4.50. The van der Waals surface area contributed by atoms with Crippen LogP contribution in [-0.4, -0.2) is 10.1 Å². The van der Waals surface area contributed by atoms with E-state index < -0.39 is 0 Å². The second kappa shape index (κ2) is 4.78. The van der Waals surface area contributed by atoms with Gasteiger partial charge in [0.1, 0.15) is 0 Å². The van der Waals surface area contributed by atoms with Crippen LogP contribution in [0.25, 0.3) is 0 Å². The van der Waals surface area contributed by atoms with E-state index in [1.165, 1.54) is 11.1 Å². The molecule has 1 aromatic heterocycles. The Hall–Kier alpha value is -1.68. The minimum Gasteiger partial charge on any atom is -0.338 e. The lowest BCUT2D eigenvalue weighted by Crippen LogP contribution is -2.21. The van der Waals surface area contributed by atoms with Crippen LogP contribution >= 0.6 is 0 Å². The van der Waals surface area contributed by atoms with E-state index in [9.17, 15) is 0 Å². The van der Waals surface area contributed by atoms with Gasteiger partial charge in [-0.15, -0.1) is 0 Å². The Morgan fingerprint density at radius 1 is 1.42 bits per heavy atom. The maximum atomic E-state index is 6.12. The van der Waals surface area contributed by atoms with E-state index in [-0.39, 0.29) is 12.0 Å². The summed E-state index contributed by atoms with van der Waals surface area (Å²) in [5.74, 6) is 1.96. The Bertz CT molecular complexity index is 578. The first-order valence-electron chi connectivity index (χ1n) is 6.87. The van der Waals surface area contributed by atoms with Crippen molar-refractivity contribution < 1.29 is 4.52 Å². The van der Waals surface area contributed by atoms with Gasteiger partial charge in [-0.3, -0.25) is 0 Å². The van der Waals surface area contributed by atoms with Gasteiger partial charge in [-0.05, 0) is 23.5 Å². The lowest BCUT2D eigenvalue weighted by Gasteiger charge is -2.27. The number of benzene rings is 1. The highest BCUT2D eigenvalue weighted by Crippen LogP contribution is 2.38. The quantitative estimate of drug-likeness (QED) is 0.914. The van der Waals surface area contributed by atoms with E-state index in [1.807, 2.05) is 0 Å². The Labute approximate surface area is 113 Å². The second-order valence-electron chi connectivity index (χ2n) is 5.36. The fourth-order valence-corrected chi connectivity index (χ4v) is 2.51. The zero-order chi connectivity index (χ0) is 13.4. The van der Waals surface area contributed by atoms with Crippen molar-refractivity contribution in [2.24, 2.45) is 11.7 Å². The van der Waals surface area contributed by atoms with Crippen LogP contribution in [0.4, 0.5) is 0 Å². The van der Waals surface area contributed by atoms with Gasteiger partial charge in [0.05, 0.1) is 12.0 Å². The van der Waals surface area contributed by atoms with Crippen LogP contribution in [-0.2, 0) is 6.42 Å². The normalized spacial score (nSPS) is 20.5. The SMILES string of the molecule is CCC(C)C(N)c1nc(C2Cc3ccccc32)no1. The zero-order valence-electron chi connectivity index (χ0n) is 11.3. The fraction of sp³-hybridized carbons (Fsp3) is 0.467. The first-order valence-corrected chi connectivity index (χ1v) is 6.87. The lowest BCUT2D eigenvalue weighted by molar-refractivity contribution is 0.309. The Kier molecular flexibility index (Phi) is 3.11. The molecule has 0 radical (unpaired) electrons. The molecule has 19 heavy (non-hydrogen) atoms. The molecular formula is C15H19N3O. The molecule has 1 heterocycles. The summed E-state index contributed by atoms with van der Waals surface area (Å²) >= 11 is 0. The third-order valence-electron chi connectivity index (χ3n) is 4.17. The summed E-state index contributed by atoms with van der Waals surface area (Å²) in [5, 5.41) is 4.11. The third-order valence-corrected chi connectivity index (χ3v) is 4.17. The van der Waals surface area contributed by atoms with E-state index >= 15 is 0 Å². The molecule has 1 aliphatic rings. The Balaban J connectivity index is 1.80. The van der Waals surface area contributed by atoms with E-state index in [1.54, 1.807) is 0 Å². The molecule has 0 saturated carbocycles. The first kappa shape index (κ1) is 12.4. The molecule has 2 N–H and O–H groups in total. The van der Waals surface area contributed by atoms with Crippen molar-refractivity contribution in [1.82, 2.24) is 10.1 Å². The largest absolute Gasteiger partial charge is 0.338 e. The van der Waals surface area contributed by atoms with Gasteiger partial charge >= 0.3 is 0 Å². The highest BCUT2D eigenvalue weighted by molar-refractivity contribution is 5.43. The Morgan fingerprint density at radius 3 is 2.95 bits per heavy atom. The number of fused-ring (bicyclic) bond motifs is 1. The van der Waals surface area contributed by atoms with Crippen LogP contribution in [0.3, 0.4) is 0 Å². The predicted molar refractivity (Wildman–Crippen MR) is 72.7 cm³/mol. The van der Waals surface area contributed by atoms with Crippen molar-refractivity contribution in [3.05, 3.63) is 47.1 Å². The van der Waals surface area contributed by atoms with Crippen molar-refractivity contribution in [1.29, 1.82) is 0 Å². The van der Waals surface area contributed by atoms with E-state index in [0.717, 1.165) is 18.7 Å². The van der Waals surface area contributed by atoms with Crippen LogP contribution in [0.2, 0.25) is 0 Å². The molecule has 1 aromatic carbocycles. The number of hydrogen-bond acceptors (Lipinski definition) is 4. The fourth-order valence-electron chi connectivity index (χ4n) is 2.51. The van der Waals surface area contributed by atoms with Gasteiger partial charge in [0.25, 0.3) is 0 Å². The van der Waals surface area contributed by atoms with Crippen molar-refractivity contribution >= 4 is 0 Å². The van der Waals surface area contributed by atoms with Crippen LogP contribution in [0.15, 0.2) is 28.8 Å². The van der Waals surface area contributed by atoms with E-state index in [2.05, 4.69) is 48.3 Å². The second-order valence-corrected chi connectivity index (χ2v) is 5.36. The van der Waals surface area contributed by atoms with Gasteiger partial charge in [0, 0.05) is 0 Å². The number of nitrogens with zero attached hydrogens (tertiary/aromatic N) is 2. The number of hydrogen-bond donors (Lipinski definition) is 1. The molecular weight excluding hydrogens is 238 g/mol. The maximum absolute atomic E-state index is 6.12. The number of aromatic nitrogens is 2. The predicted octanol–water partition coefficient (Wildman–Crippen LogP) is 2.80. The van der Waals surface area contributed by atoms with Crippen LogP contribution < -0.4 is 5.73 Å². The van der Waals surface area contributed by atoms with Gasteiger partial charge in [0.15, 0.2) is 5.82 Å². The van der Waals surface area contributed by atoms with Crippen LogP contribution in [0, 0.1) is 5.92 Å². The van der Waals surface area contributed by atoms with E-state index in [4.69, 9.17) is 10.3 Å². The van der Waals surface area contributed by atoms with Gasteiger partial charge in [-0.2, -0.15) is 4.98 Å². The van der Waals surface area contributed by atoms with Gasteiger partial charge < -0.3 is 10.3 Å². The minimum absolute atomic E-state index is 0.165. The Morgan fingerprint density at radius 2 is 2.21 bits per heavy atom. The van der Waals surface area contributed by atoms with Crippen molar-refractivity contribution in [2.75, 3.05) is 0 Å². The average molecular weight is 257 g/mol. The number of nitrogens with two attached hydrogens (primary N) is 1. The zero-order valence-corrected chi connectivity index (χ0v) is 11.3. The molecule has 0 saturated heterocycles. The average Bonchev–Trinajstić information content (AvgIpc) is 2.87. The molecule has 2 aromatic rings. The molecule has 0 bridgehead atoms. The highest BCUT2D eigenvalue weighted by Gasteiger charge is 2.32. The van der Waals surface area contributed by atoms with Crippen LogP contribution in [0.5, 0.6) is 0 Å². The molecule has 1 aliphatic carbocycles. The molecule has 100 valence electrons.